The van der Waals surface area contributed by atoms with Gasteiger partial charge in [0.15, 0.2) is 9.84 Å². The Balaban J connectivity index is 1.55. The predicted octanol–water partition coefficient (Wildman–Crippen LogP) is 2.39. The first-order valence-electron chi connectivity index (χ1n) is 9.83. The van der Waals surface area contributed by atoms with E-state index in [4.69, 9.17) is 0 Å². The monoisotopic (exact) mass is 392 g/mol. The molecule has 0 radical (unpaired) electrons. The Hall–Kier alpha value is -1.89. The van der Waals surface area contributed by atoms with E-state index < -0.39 is 9.84 Å². The molecule has 6 nitrogen and oxygen atoms in total. The third kappa shape index (κ3) is 4.69. The summed E-state index contributed by atoms with van der Waals surface area (Å²) >= 11 is 0. The van der Waals surface area contributed by atoms with Crippen molar-refractivity contribution in [1.29, 1.82) is 0 Å². The number of sulfone groups is 1. The van der Waals surface area contributed by atoms with Gasteiger partial charge in [0.2, 0.25) is 5.91 Å². The van der Waals surface area contributed by atoms with E-state index in [-0.39, 0.29) is 34.4 Å². The van der Waals surface area contributed by atoms with Crippen LogP contribution in [0.25, 0.3) is 0 Å². The summed E-state index contributed by atoms with van der Waals surface area (Å²) in [5.74, 6) is 0.195. The zero-order valence-corrected chi connectivity index (χ0v) is 16.6. The van der Waals surface area contributed by atoms with Crippen molar-refractivity contribution in [2.45, 2.75) is 56.4 Å². The third-order valence-electron chi connectivity index (χ3n) is 5.65. The van der Waals surface area contributed by atoms with Crippen LogP contribution in [0.1, 0.15) is 55.8 Å². The van der Waals surface area contributed by atoms with E-state index in [1.165, 1.54) is 30.7 Å². The van der Waals surface area contributed by atoms with Crippen LogP contribution in [-0.4, -0.2) is 50.0 Å². The van der Waals surface area contributed by atoms with Crippen molar-refractivity contribution < 1.29 is 18.0 Å². The Labute approximate surface area is 161 Å². The van der Waals surface area contributed by atoms with Crippen molar-refractivity contribution in [2.75, 3.05) is 18.8 Å². The summed E-state index contributed by atoms with van der Waals surface area (Å²) in [5.41, 5.74) is 0.433. The van der Waals surface area contributed by atoms with Gasteiger partial charge in [-0.25, -0.2) is 8.42 Å². The quantitative estimate of drug-likeness (QED) is 0.834. The molecule has 1 heterocycles. The molecule has 1 atom stereocenters. The fourth-order valence-electron chi connectivity index (χ4n) is 3.94. The van der Waals surface area contributed by atoms with E-state index in [9.17, 15) is 18.0 Å². The van der Waals surface area contributed by atoms with Crippen LogP contribution in [0.4, 0.5) is 0 Å². The molecule has 148 valence electrons. The standard InChI is InChI=1S/C20H28N2O4S/c1-2-27(25,26)18-10-8-15(9-11-18)19(23)21-17-12-13-22(14-17)20(24)16-6-4-3-5-7-16/h8-11,16-17H,2-7,12-14H2,1H3,(H,21,23)/t17-/m0/s1. The molecule has 0 bridgehead atoms. The summed E-state index contributed by atoms with van der Waals surface area (Å²) in [4.78, 5) is 27.2. The maximum absolute atomic E-state index is 12.6. The summed E-state index contributed by atoms with van der Waals surface area (Å²) < 4.78 is 23.7. The van der Waals surface area contributed by atoms with Gasteiger partial charge < -0.3 is 10.2 Å². The predicted molar refractivity (Wildman–Crippen MR) is 103 cm³/mol. The van der Waals surface area contributed by atoms with Crippen molar-refractivity contribution in [3.05, 3.63) is 29.8 Å². The average Bonchev–Trinajstić information content (AvgIpc) is 3.16. The summed E-state index contributed by atoms with van der Waals surface area (Å²) in [6.07, 6.45) is 6.22. The minimum Gasteiger partial charge on any atom is -0.347 e. The van der Waals surface area contributed by atoms with Gasteiger partial charge in [0.1, 0.15) is 0 Å². The van der Waals surface area contributed by atoms with Crippen molar-refractivity contribution in [1.82, 2.24) is 10.2 Å². The number of likely N-dealkylation sites (tertiary alicyclic amines) is 1. The second kappa shape index (κ2) is 8.42. The maximum Gasteiger partial charge on any atom is 0.251 e. The first-order valence-corrected chi connectivity index (χ1v) is 11.5. The summed E-state index contributed by atoms with van der Waals surface area (Å²) in [7, 11) is -3.27. The molecule has 1 N–H and O–H groups in total. The molecule has 1 saturated heterocycles. The van der Waals surface area contributed by atoms with E-state index in [1.54, 1.807) is 6.92 Å². The Morgan fingerprint density at radius 1 is 1.07 bits per heavy atom. The third-order valence-corrected chi connectivity index (χ3v) is 7.40. The van der Waals surface area contributed by atoms with Gasteiger partial charge >= 0.3 is 0 Å². The fourth-order valence-corrected chi connectivity index (χ4v) is 4.82. The smallest absolute Gasteiger partial charge is 0.251 e. The number of amides is 2. The second-order valence-electron chi connectivity index (χ2n) is 7.51. The summed E-state index contributed by atoms with van der Waals surface area (Å²) in [6, 6.07) is 5.97. The van der Waals surface area contributed by atoms with Crippen LogP contribution in [0, 0.1) is 5.92 Å². The summed E-state index contributed by atoms with van der Waals surface area (Å²) in [5, 5.41) is 2.97. The number of benzene rings is 1. The van der Waals surface area contributed by atoms with Gasteiger partial charge in [0.25, 0.3) is 5.91 Å². The molecule has 1 saturated carbocycles. The van der Waals surface area contributed by atoms with Crippen LogP contribution in [0.5, 0.6) is 0 Å². The lowest BCUT2D eigenvalue weighted by atomic mass is 9.88. The molecular formula is C20H28N2O4S. The molecule has 2 fully saturated rings. The molecule has 1 aromatic carbocycles. The van der Waals surface area contributed by atoms with E-state index in [0.717, 1.165) is 32.1 Å². The van der Waals surface area contributed by atoms with E-state index in [2.05, 4.69) is 5.32 Å². The highest BCUT2D eigenvalue weighted by Crippen LogP contribution is 2.26. The molecule has 0 aromatic heterocycles. The van der Waals surface area contributed by atoms with E-state index >= 15 is 0 Å². The normalized spacial score (nSPS) is 21.2. The van der Waals surface area contributed by atoms with Crippen molar-refractivity contribution >= 4 is 21.7 Å². The number of nitrogens with one attached hydrogen (secondary N) is 1. The highest BCUT2D eigenvalue weighted by Gasteiger charge is 2.32. The Morgan fingerprint density at radius 3 is 2.37 bits per heavy atom. The SMILES string of the molecule is CCS(=O)(=O)c1ccc(C(=O)N[C@H]2CCN(C(=O)C3CCCCC3)C2)cc1. The van der Waals surface area contributed by atoms with Crippen molar-refractivity contribution in [3.63, 3.8) is 0 Å². The van der Waals surface area contributed by atoms with Crippen LogP contribution >= 0.6 is 0 Å². The lowest BCUT2D eigenvalue weighted by molar-refractivity contribution is -0.135. The van der Waals surface area contributed by atoms with Gasteiger partial charge in [-0.1, -0.05) is 26.2 Å². The average molecular weight is 393 g/mol. The van der Waals surface area contributed by atoms with Crippen LogP contribution in [0.2, 0.25) is 0 Å². The Morgan fingerprint density at radius 2 is 1.74 bits per heavy atom. The second-order valence-corrected chi connectivity index (χ2v) is 9.78. The molecule has 0 unspecified atom stereocenters. The maximum atomic E-state index is 12.6. The number of carbonyl (C=O) groups is 2. The number of hydrogen-bond donors (Lipinski definition) is 1. The Bertz CT molecular complexity index is 783. The molecule has 3 rings (SSSR count). The van der Waals surface area contributed by atoms with E-state index in [0.29, 0.717) is 18.7 Å². The van der Waals surface area contributed by atoms with Crippen molar-refractivity contribution in [2.24, 2.45) is 5.92 Å². The molecule has 2 amide bonds. The van der Waals surface area contributed by atoms with Gasteiger partial charge in [0, 0.05) is 30.6 Å². The van der Waals surface area contributed by atoms with Gasteiger partial charge in [0.05, 0.1) is 10.6 Å². The van der Waals surface area contributed by atoms with Crippen LogP contribution in [-0.2, 0) is 14.6 Å². The zero-order valence-electron chi connectivity index (χ0n) is 15.8. The highest BCUT2D eigenvalue weighted by molar-refractivity contribution is 7.91. The minimum atomic E-state index is -3.27. The first-order chi connectivity index (χ1) is 12.9. The largest absolute Gasteiger partial charge is 0.347 e. The van der Waals surface area contributed by atoms with Gasteiger partial charge in [-0.05, 0) is 43.5 Å². The molecule has 1 aliphatic heterocycles. The molecule has 27 heavy (non-hydrogen) atoms. The topological polar surface area (TPSA) is 83.6 Å². The summed E-state index contributed by atoms with van der Waals surface area (Å²) in [6.45, 7) is 2.84. The number of rotatable bonds is 5. The van der Waals surface area contributed by atoms with Crippen LogP contribution in [0.15, 0.2) is 29.2 Å². The first kappa shape index (κ1) is 19.9. The highest BCUT2D eigenvalue weighted by atomic mass is 32.2. The molecular weight excluding hydrogens is 364 g/mol. The number of carbonyl (C=O) groups excluding carboxylic acids is 2. The number of nitrogens with zero attached hydrogens (tertiary/aromatic N) is 1. The van der Waals surface area contributed by atoms with Gasteiger partial charge in [-0.3, -0.25) is 9.59 Å². The minimum absolute atomic E-state index is 0.0332. The molecule has 1 aliphatic carbocycles. The fraction of sp³-hybridized carbons (Fsp3) is 0.600. The van der Waals surface area contributed by atoms with Gasteiger partial charge in [-0.15, -0.1) is 0 Å². The lowest BCUT2D eigenvalue weighted by Gasteiger charge is -2.26. The van der Waals surface area contributed by atoms with Crippen molar-refractivity contribution in [3.8, 4) is 0 Å². The lowest BCUT2D eigenvalue weighted by Crippen LogP contribution is -2.40. The molecule has 1 aromatic rings. The molecule has 7 heteroatoms. The molecule has 0 spiro atoms. The Kier molecular flexibility index (Phi) is 6.19. The molecule has 2 aliphatic rings. The van der Waals surface area contributed by atoms with Gasteiger partial charge in [-0.2, -0.15) is 0 Å². The number of hydrogen-bond acceptors (Lipinski definition) is 4. The van der Waals surface area contributed by atoms with E-state index in [1.807, 2.05) is 4.90 Å². The zero-order chi connectivity index (χ0) is 19.4. The van der Waals surface area contributed by atoms with Crippen LogP contribution in [0.3, 0.4) is 0 Å². The van der Waals surface area contributed by atoms with Crippen LogP contribution < -0.4 is 5.32 Å².